The SMILES string of the molecule is C=C(CCCCCCC)/C(C#N)=C/c1cn(Cc2cccc(C(F)(F)F)c2)c2ncccc12. The molecular formula is C27H28F3N3. The highest BCUT2D eigenvalue weighted by Gasteiger charge is 2.30. The average molecular weight is 452 g/mol. The first-order valence-corrected chi connectivity index (χ1v) is 11.2. The average Bonchev–Trinajstić information content (AvgIpc) is 3.14. The van der Waals surface area contributed by atoms with Gasteiger partial charge in [-0.2, -0.15) is 18.4 Å². The van der Waals surface area contributed by atoms with E-state index in [9.17, 15) is 18.4 Å². The lowest BCUT2D eigenvalue weighted by molar-refractivity contribution is -0.137. The molecule has 1 aromatic carbocycles. The number of alkyl halides is 3. The summed E-state index contributed by atoms with van der Waals surface area (Å²) in [5.41, 5.74) is 2.63. The number of unbranched alkanes of at least 4 members (excludes halogenated alkanes) is 4. The van der Waals surface area contributed by atoms with Crippen molar-refractivity contribution in [3.63, 3.8) is 0 Å². The molecular weight excluding hydrogens is 423 g/mol. The van der Waals surface area contributed by atoms with Crippen molar-refractivity contribution < 1.29 is 13.2 Å². The molecule has 172 valence electrons. The molecule has 0 aliphatic heterocycles. The van der Waals surface area contributed by atoms with Gasteiger partial charge in [-0.25, -0.2) is 4.98 Å². The molecule has 2 aromatic heterocycles. The third kappa shape index (κ3) is 6.35. The number of nitrogens with zero attached hydrogens (tertiary/aromatic N) is 3. The Morgan fingerprint density at radius 3 is 2.67 bits per heavy atom. The molecule has 33 heavy (non-hydrogen) atoms. The zero-order chi connectivity index (χ0) is 23.8. The van der Waals surface area contributed by atoms with E-state index in [1.165, 1.54) is 25.3 Å². The fourth-order valence-electron chi connectivity index (χ4n) is 3.87. The molecule has 0 aliphatic rings. The van der Waals surface area contributed by atoms with Gasteiger partial charge < -0.3 is 4.57 Å². The van der Waals surface area contributed by atoms with Crippen LogP contribution in [0.15, 0.2) is 66.5 Å². The molecule has 0 bridgehead atoms. The molecule has 0 fully saturated rings. The first-order valence-electron chi connectivity index (χ1n) is 11.2. The molecule has 0 amide bonds. The second-order valence-corrected chi connectivity index (χ2v) is 8.22. The fourth-order valence-corrected chi connectivity index (χ4v) is 3.87. The van der Waals surface area contributed by atoms with Gasteiger partial charge >= 0.3 is 6.18 Å². The van der Waals surface area contributed by atoms with Gasteiger partial charge in [-0.3, -0.25) is 0 Å². The zero-order valence-electron chi connectivity index (χ0n) is 18.8. The Bertz CT molecular complexity index is 1180. The summed E-state index contributed by atoms with van der Waals surface area (Å²) in [5.74, 6) is 0. The van der Waals surface area contributed by atoms with E-state index in [1.807, 2.05) is 22.9 Å². The van der Waals surface area contributed by atoms with E-state index in [-0.39, 0.29) is 6.54 Å². The van der Waals surface area contributed by atoms with Gasteiger partial charge in [-0.15, -0.1) is 0 Å². The Morgan fingerprint density at radius 2 is 1.94 bits per heavy atom. The monoisotopic (exact) mass is 451 g/mol. The molecule has 3 rings (SSSR count). The van der Waals surface area contributed by atoms with Crippen molar-refractivity contribution in [3.8, 4) is 6.07 Å². The molecule has 3 nitrogen and oxygen atoms in total. The molecule has 0 radical (unpaired) electrons. The number of benzene rings is 1. The Hall–Kier alpha value is -3.33. The first-order chi connectivity index (χ1) is 15.8. The van der Waals surface area contributed by atoms with Crippen molar-refractivity contribution in [3.05, 3.63) is 83.2 Å². The van der Waals surface area contributed by atoms with Crippen LogP contribution in [0.2, 0.25) is 0 Å². The summed E-state index contributed by atoms with van der Waals surface area (Å²) in [4.78, 5) is 4.43. The summed E-state index contributed by atoms with van der Waals surface area (Å²) in [5, 5.41) is 10.6. The van der Waals surface area contributed by atoms with Crippen molar-refractivity contribution >= 4 is 17.1 Å². The summed E-state index contributed by atoms with van der Waals surface area (Å²) in [7, 11) is 0. The van der Waals surface area contributed by atoms with Gasteiger partial charge in [0.2, 0.25) is 0 Å². The molecule has 2 heterocycles. The van der Waals surface area contributed by atoms with Crippen LogP contribution in [0.25, 0.3) is 17.1 Å². The summed E-state index contributed by atoms with van der Waals surface area (Å²) in [6, 6.07) is 11.3. The van der Waals surface area contributed by atoms with Gasteiger partial charge in [0.25, 0.3) is 0 Å². The highest BCUT2D eigenvalue weighted by Crippen LogP contribution is 2.30. The van der Waals surface area contributed by atoms with Crippen LogP contribution in [-0.4, -0.2) is 9.55 Å². The largest absolute Gasteiger partial charge is 0.416 e. The van der Waals surface area contributed by atoms with Crippen LogP contribution in [-0.2, 0) is 12.7 Å². The van der Waals surface area contributed by atoms with Crippen molar-refractivity contribution in [2.45, 2.75) is 58.2 Å². The number of allylic oxidation sites excluding steroid dienone is 2. The van der Waals surface area contributed by atoms with Gasteiger partial charge in [0, 0.05) is 29.9 Å². The van der Waals surface area contributed by atoms with Crippen LogP contribution >= 0.6 is 0 Å². The van der Waals surface area contributed by atoms with Crippen molar-refractivity contribution in [1.29, 1.82) is 5.26 Å². The standard InChI is InChI=1S/C27H28F3N3/c1-3-4-5-6-7-10-20(2)22(17-31)16-23-19-33(26-25(23)13-9-14-32-26)18-21-11-8-12-24(15-21)27(28,29)30/h8-9,11-16,19H,2-7,10,18H2,1H3/b22-16+. The van der Waals surface area contributed by atoms with E-state index in [4.69, 9.17) is 0 Å². The number of fused-ring (bicyclic) bond motifs is 1. The highest BCUT2D eigenvalue weighted by molar-refractivity contribution is 5.88. The fraction of sp³-hybridized carbons (Fsp3) is 0.333. The predicted octanol–water partition coefficient (Wildman–Crippen LogP) is 7.93. The molecule has 0 N–H and O–H groups in total. The maximum Gasteiger partial charge on any atom is 0.416 e. The Labute approximate surface area is 192 Å². The minimum atomic E-state index is -4.39. The summed E-state index contributed by atoms with van der Waals surface area (Å²) < 4.78 is 41.1. The molecule has 0 spiro atoms. The van der Waals surface area contributed by atoms with E-state index in [1.54, 1.807) is 18.3 Å². The molecule has 0 saturated carbocycles. The lowest BCUT2D eigenvalue weighted by Gasteiger charge is -2.09. The minimum Gasteiger partial charge on any atom is -0.327 e. The third-order valence-electron chi connectivity index (χ3n) is 5.66. The highest BCUT2D eigenvalue weighted by atomic mass is 19.4. The lowest BCUT2D eigenvalue weighted by Crippen LogP contribution is -2.06. The second-order valence-electron chi connectivity index (χ2n) is 8.22. The van der Waals surface area contributed by atoms with E-state index in [0.29, 0.717) is 16.8 Å². The maximum atomic E-state index is 13.1. The molecule has 0 atom stereocenters. The quantitative estimate of drug-likeness (QED) is 0.178. The Kier molecular flexibility index (Phi) is 8.11. The smallest absolute Gasteiger partial charge is 0.327 e. The van der Waals surface area contributed by atoms with E-state index >= 15 is 0 Å². The van der Waals surface area contributed by atoms with Crippen LogP contribution in [0, 0.1) is 11.3 Å². The number of hydrogen-bond donors (Lipinski definition) is 0. The maximum absolute atomic E-state index is 13.1. The van der Waals surface area contributed by atoms with Gasteiger partial charge in [0.15, 0.2) is 0 Å². The topological polar surface area (TPSA) is 41.6 Å². The van der Waals surface area contributed by atoms with E-state index in [2.05, 4.69) is 24.6 Å². The van der Waals surface area contributed by atoms with Gasteiger partial charge in [-0.1, -0.05) is 51.3 Å². The van der Waals surface area contributed by atoms with Crippen molar-refractivity contribution in [2.24, 2.45) is 0 Å². The summed E-state index contributed by atoms with van der Waals surface area (Å²) in [6.07, 6.45) is 7.37. The van der Waals surface area contributed by atoms with Crippen LogP contribution in [0.5, 0.6) is 0 Å². The number of nitriles is 1. The predicted molar refractivity (Wildman–Crippen MR) is 126 cm³/mol. The summed E-state index contributed by atoms with van der Waals surface area (Å²) >= 11 is 0. The first kappa shape index (κ1) is 24.3. The molecule has 0 unspecified atom stereocenters. The summed E-state index contributed by atoms with van der Waals surface area (Å²) in [6.45, 7) is 6.52. The normalized spacial score (nSPS) is 12.2. The third-order valence-corrected chi connectivity index (χ3v) is 5.66. The van der Waals surface area contributed by atoms with E-state index < -0.39 is 11.7 Å². The number of pyridine rings is 1. The van der Waals surface area contributed by atoms with Crippen molar-refractivity contribution in [1.82, 2.24) is 9.55 Å². The number of rotatable bonds is 10. The van der Waals surface area contributed by atoms with Crippen LogP contribution in [0.4, 0.5) is 13.2 Å². The molecule has 6 heteroatoms. The zero-order valence-corrected chi connectivity index (χ0v) is 18.8. The molecule has 3 aromatic rings. The van der Waals surface area contributed by atoms with Crippen LogP contribution < -0.4 is 0 Å². The number of halogens is 3. The van der Waals surface area contributed by atoms with Crippen LogP contribution in [0.1, 0.15) is 62.1 Å². The second kappa shape index (κ2) is 11.0. The molecule has 0 saturated heterocycles. The Balaban J connectivity index is 1.86. The van der Waals surface area contributed by atoms with Gasteiger partial charge in [0.05, 0.1) is 17.2 Å². The minimum absolute atomic E-state index is 0.242. The van der Waals surface area contributed by atoms with Gasteiger partial charge in [-0.05, 0) is 54.3 Å². The van der Waals surface area contributed by atoms with Crippen LogP contribution in [0.3, 0.4) is 0 Å². The number of aromatic nitrogens is 2. The van der Waals surface area contributed by atoms with E-state index in [0.717, 1.165) is 47.9 Å². The van der Waals surface area contributed by atoms with Gasteiger partial charge in [0.1, 0.15) is 5.65 Å². The molecule has 0 aliphatic carbocycles. The van der Waals surface area contributed by atoms with Crippen molar-refractivity contribution in [2.75, 3.05) is 0 Å². The Morgan fingerprint density at radius 1 is 1.15 bits per heavy atom. The number of hydrogen-bond acceptors (Lipinski definition) is 2. The lowest BCUT2D eigenvalue weighted by atomic mass is 9.99.